The largest absolute Gasteiger partial charge is 0.315 e. The maximum atomic E-state index is 12.1. The van der Waals surface area contributed by atoms with E-state index < -0.39 is 14.8 Å². The van der Waals surface area contributed by atoms with Gasteiger partial charge in [-0.15, -0.1) is 0 Å². The van der Waals surface area contributed by atoms with Gasteiger partial charge in [-0.2, -0.15) is 0 Å². The van der Waals surface area contributed by atoms with Crippen LogP contribution in [0.15, 0.2) is 22.8 Å². The maximum Gasteiger partial charge on any atom is 0.251 e. The molecule has 20 heavy (non-hydrogen) atoms. The van der Waals surface area contributed by atoms with Crippen molar-refractivity contribution in [3.8, 4) is 0 Å². The Kier molecular flexibility index (Phi) is 6.35. The second kappa shape index (κ2) is 7.54. The molecule has 1 radical (unpaired) electrons. The van der Waals surface area contributed by atoms with E-state index in [1.807, 2.05) is 13.8 Å². The summed E-state index contributed by atoms with van der Waals surface area (Å²) < 4.78 is 24.2. The molecule has 0 saturated carbocycles. The van der Waals surface area contributed by atoms with Crippen LogP contribution in [-0.4, -0.2) is 31.7 Å². The van der Waals surface area contributed by atoms with E-state index in [4.69, 9.17) is 0 Å². The highest BCUT2D eigenvalue weighted by molar-refractivity contribution is 7.95. The summed E-state index contributed by atoms with van der Waals surface area (Å²) in [6.45, 7) is 4.84. The minimum Gasteiger partial charge on any atom is -0.315 e. The molecule has 0 atom stereocenters. The molecule has 0 heterocycles. The summed E-state index contributed by atoms with van der Waals surface area (Å²) >= 11 is 0. The summed E-state index contributed by atoms with van der Waals surface area (Å²) in [4.78, 5) is 10.2. The van der Waals surface area contributed by atoms with E-state index in [-0.39, 0.29) is 22.8 Å². The number of nitrogens with zero attached hydrogens (tertiary/aromatic N) is 1. The van der Waals surface area contributed by atoms with E-state index in [0.717, 1.165) is 19.0 Å². The van der Waals surface area contributed by atoms with Crippen molar-refractivity contribution < 1.29 is 13.3 Å². The zero-order valence-corrected chi connectivity index (χ0v) is 12.6. The number of hydrogen-bond donors (Lipinski definition) is 1. The van der Waals surface area contributed by atoms with Gasteiger partial charge in [0.1, 0.15) is 0 Å². The number of allylic oxidation sites excluding steroid dienone is 3. The van der Waals surface area contributed by atoms with Crippen molar-refractivity contribution in [1.29, 1.82) is 0 Å². The Morgan fingerprint density at radius 2 is 2.10 bits per heavy atom. The second-order valence-corrected chi connectivity index (χ2v) is 7.12. The molecule has 1 aliphatic carbocycles. The normalized spacial score (nSPS) is 15.9. The predicted octanol–water partition coefficient (Wildman–Crippen LogP) is 1.83. The molecule has 113 valence electrons. The average molecular weight is 301 g/mol. The molecule has 0 aromatic rings. The summed E-state index contributed by atoms with van der Waals surface area (Å²) in [5.74, 6) is 0.0279. The van der Waals surface area contributed by atoms with Crippen LogP contribution in [0.1, 0.15) is 33.1 Å². The van der Waals surface area contributed by atoms with Crippen LogP contribution in [0.5, 0.6) is 0 Å². The number of hydrogen-bond acceptors (Lipinski definition) is 5. The summed E-state index contributed by atoms with van der Waals surface area (Å²) in [6.07, 6.45) is 5.68. The van der Waals surface area contributed by atoms with Gasteiger partial charge in [0.05, 0.1) is 22.0 Å². The molecule has 1 rings (SSSR count). The molecule has 7 heteroatoms. The summed E-state index contributed by atoms with van der Waals surface area (Å²) in [5, 5.41) is 13.9. The van der Waals surface area contributed by atoms with Crippen LogP contribution in [0.2, 0.25) is 0 Å². The Morgan fingerprint density at radius 1 is 1.40 bits per heavy atom. The Balaban J connectivity index is 2.53. The van der Waals surface area contributed by atoms with Crippen molar-refractivity contribution in [2.45, 2.75) is 39.2 Å². The molecule has 0 aromatic heterocycles. The van der Waals surface area contributed by atoms with Crippen molar-refractivity contribution in [1.82, 2.24) is 5.32 Å². The van der Waals surface area contributed by atoms with E-state index in [1.165, 1.54) is 12.5 Å². The molecule has 0 unspecified atom stereocenters. The van der Waals surface area contributed by atoms with Crippen LogP contribution in [0.4, 0.5) is 0 Å². The third-order valence-corrected chi connectivity index (χ3v) is 4.73. The molecule has 1 N–H and O–H groups in total. The molecule has 0 aromatic carbocycles. The standard InChI is InChI=1S/C13H21N2O4S/c1-11(2)14-8-3-4-9-20(18,19)13-7-5-6-12(10-13)15(16)17/h6-7,10-11,14H,3-5,8-9H2,1-2H3. The molecule has 6 nitrogen and oxygen atoms in total. The van der Waals surface area contributed by atoms with Gasteiger partial charge in [-0.1, -0.05) is 19.9 Å². The number of unbranched alkanes of at least 4 members (excludes halogenated alkanes) is 1. The Bertz CT molecular complexity index is 506. The minimum absolute atomic E-state index is 0.0279. The first-order valence-corrected chi connectivity index (χ1v) is 8.34. The van der Waals surface area contributed by atoms with E-state index in [1.54, 1.807) is 0 Å². The van der Waals surface area contributed by atoms with Crippen LogP contribution in [0.3, 0.4) is 0 Å². The average Bonchev–Trinajstić information content (AvgIpc) is 2.38. The lowest BCUT2D eigenvalue weighted by Crippen LogP contribution is -2.24. The lowest BCUT2D eigenvalue weighted by Gasteiger charge is -2.10. The van der Waals surface area contributed by atoms with Crippen LogP contribution < -0.4 is 5.32 Å². The van der Waals surface area contributed by atoms with Crippen molar-refractivity contribution in [2.75, 3.05) is 12.3 Å². The third kappa shape index (κ3) is 5.42. The topological polar surface area (TPSA) is 89.3 Å². The van der Waals surface area contributed by atoms with E-state index in [9.17, 15) is 18.5 Å². The van der Waals surface area contributed by atoms with Crippen molar-refractivity contribution >= 4 is 9.84 Å². The molecule has 0 aliphatic heterocycles. The molecule has 0 bridgehead atoms. The number of sulfone groups is 1. The van der Waals surface area contributed by atoms with E-state index in [0.29, 0.717) is 12.5 Å². The zero-order valence-electron chi connectivity index (χ0n) is 11.8. The first-order chi connectivity index (χ1) is 9.33. The van der Waals surface area contributed by atoms with E-state index >= 15 is 0 Å². The van der Waals surface area contributed by atoms with Gasteiger partial charge in [-0.05, 0) is 25.8 Å². The van der Waals surface area contributed by atoms with Crippen LogP contribution >= 0.6 is 0 Å². The van der Waals surface area contributed by atoms with E-state index in [2.05, 4.69) is 5.32 Å². The first-order valence-electron chi connectivity index (χ1n) is 6.68. The van der Waals surface area contributed by atoms with Gasteiger partial charge in [-0.3, -0.25) is 10.1 Å². The highest BCUT2D eigenvalue weighted by Crippen LogP contribution is 2.22. The van der Waals surface area contributed by atoms with Gasteiger partial charge in [0.25, 0.3) is 5.70 Å². The van der Waals surface area contributed by atoms with Crippen molar-refractivity contribution in [2.24, 2.45) is 0 Å². The van der Waals surface area contributed by atoms with Gasteiger partial charge in [-0.25, -0.2) is 8.42 Å². The fraction of sp³-hybridized carbons (Fsp3) is 0.615. The molecule has 0 saturated heterocycles. The molecule has 0 fully saturated rings. The summed E-state index contributed by atoms with van der Waals surface area (Å²) in [5.41, 5.74) is -0.146. The van der Waals surface area contributed by atoms with Gasteiger partial charge < -0.3 is 5.32 Å². The Hall–Kier alpha value is -1.21. The Labute approximate surface area is 120 Å². The second-order valence-electron chi connectivity index (χ2n) is 5.01. The fourth-order valence-corrected chi connectivity index (χ4v) is 3.30. The number of nitro groups is 1. The van der Waals surface area contributed by atoms with Crippen LogP contribution in [-0.2, 0) is 9.84 Å². The smallest absolute Gasteiger partial charge is 0.251 e. The molecule has 0 spiro atoms. The number of rotatable bonds is 8. The summed E-state index contributed by atoms with van der Waals surface area (Å²) in [7, 11) is -3.42. The van der Waals surface area contributed by atoms with Gasteiger partial charge in [0, 0.05) is 12.1 Å². The SMILES string of the molecule is CC(C)NCCCCS(=O)(=O)C1=CC[CH]C([N+](=O)[O-])=C1. The lowest BCUT2D eigenvalue weighted by molar-refractivity contribution is -0.421. The van der Waals surface area contributed by atoms with Crippen LogP contribution in [0, 0.1) is 16.5 Å². The molecule has 1 aliphatic rings. The molecular formula is C13H21N2O4S. The third-order valence-electron chi connectivity index (χ3n) is 2.90. The van der Waals surface area contributed by atoms with Crippen LogP contribution in [0.25, 0.3) is 0 Å². The minimum atomic E-state index is -3.42. The van der Waals surface area contributed by atoms with Gasteiger partial charge >= 0.3 is 0 Å². The predicted molar refractivity (Wildman–Crippen MR) is 78.2 cm³/mol. The Morgan fingerprint density at radius 3 is 2.70 bits per heavy atom. The summed E-state index contributed by atoms with van der Waals surface area (Å²) in [6, 6.07) is 0.383. The van der Waals surface area contributed by atoms with Crippen molar-refractivity contribution in [3.05, 3.63) is 39.3 Å². The zero-order chi connectivity index (χ0) is 15.2. The molecular weight excluding hydrogens is 280 g/mol. The van der Waals surface area contributed by atoms with Gasteiger partial charge in [0.2, 0.25) is 0 Å². The number of nitrogens with one attached hydrogen (secondary N) is 1. The lowest BCUT2D eigenvalue weighted by atomic mass is 10.1. The highest BCUT2D eigenvalue weighted by atomic mass is 32.2. The first kappa shape index (κ1) is 16.8. The van der Waals surface area contributed by atoms with Crippen molar-refractivity contribution in [3.63, 3.8) is 0 Å². The molecule has 0 amide bonds. The maximum absolute atomic E-state index is 12.1. The van der Waals surface area contributed by atoms with Gasteiger partial charge in [0.15, 0.2) is 9.84 Å². The fourth-order valence-electron chi connectivity index (χ4n) is 1.83. The quantitative estimate of drug-likeness (QED) is 0.420. The highest BCUT2D eigenvalue weighted by Gasteiger charge is 2.23. The monoisotopic (exact) mass is 301 g/mol.